The van der Waals surface area contributed by atoms with E-state index in [2.05, 4.69) is 16.9 Å². The third-order valence-corrected chi connectivity index (χ3v) is 4.41. The molecule has 0 amide bonds. The second-order valence-electron chi connectivity index (χ2n) is 6.14. The molecule has 1 aromatic heterocycles. The largest absolute Gasteiger partial charge is 0.392 e. The number of likely N-dealkylation sites (tertiary alicyclic amines) is 1. The molecule has 0 aliphatic carbocycles. The monoisotopic (exact) mass is 321 g/mol. The first-order chi connectivity index (χ1) is 11.0. The standard InChI is InChI=1S/C17H21F2N3O/c1-3-16-12(8-21(2)20-16)9-22-10-13(23)7-17(22)11-4-5-14(18)15(19)6-11/h4-6,8,13,17,23H,3,7,9-10H2,1-2H3. The fourth-order valence-electron chi connectivity index (χ4n) is 3.35. The molecule has 4 nitrogen and oxygen atoms in total. The molecule has 1 aliphatic rings. The fraction of sp³-hybridized carbons (Fsp3) is 0.471. The molecule has 2 unspecified atom stereocenters. The lowest BCUT2D eigenvalue weighted by molar-refractivity contribution is 0.172. The fourth-order valence-corrected chi connectivity index (χ4v) is 3.35. The lowest BCUT2D eigenvalue weighted by atomic mass is 10.0. The lowest BCUT2D eigenvalue weighted by Gasteiger charge is -2.24. The molecule has 2 heterocycles. The van der Waals surface area contributed by atoms with Gasteiger partial charge in [0.2, 0.25) is 0 Å². The van der Waals surface area contributed by atoms with Crippen LogP contribution in [-0.2, 0) is 20.0 Å². The minimum Gasteiger partial charge on any atom is -0.392 e. The molecule has 3 rings (SSSR count). The van der Waals surface area contributed by atoms with Crippen molar-refractivity contribution in [1.29, 1.82) is 0 Å². The van der Waals surface area contributed by atoms with Crippen molar-refractivity contribution in [3.63, 3.8) is 0 Å². The second-order valence-corrected chi connectivity index (χ2v) is 6.14. The summed E-state index contributed by atoms with van der Waals surface area (Å²) in [6, 6.07) is 3.85. The smallest absolute Gasteiger partial charge is 0.159 e. The van der Waals surface area contributed by atoms with Crippen molar-refractivity contribution in [2.24, 2.45) is 7.05 Å². The predicted molar refractivity (Wildman–Crippen MR) is 82.7 cm³/mol. The van der Waals surface area contributed by atoms with Crippen LogP contribution in [0, 0.1) is 11.6 Å². The maximum Gasteiger partial charge on any atom is 0.159 e. The van der Waals surface area contributed by atoms with E-state index in [4.69, 9.17) is 0 Å². The molecule has 0 radical (unpaired) electrons. The number of aliphatic hydroxyl groups excluding tert-OH is 1. The topological polar surface area (TPSA) is 41.3 Å². The Bertz CT molecular complexity index is 701. The van der Waals surface area contributed by atoms with Gasteiger partial charge in [0.1, 0.15) is 0 Å². The van der Waals surface area contributed by atoms with Crippen molar-refractivity contribution in [3.05, 3.63) is 52.9 Å². The van der Waals surface area contributed by atoms with Gasteiger partial charge in [-0.2, -0.15) is 5.10 Å². The SMILES string of the molecule is CCc1nn(C)cc1CN1CC(O)CC1c1ccc(F)c(F)c1. The molecule has 1 fully saturated rings. The zero-order valence-electron chi connectivity index (χ0n) is 13.3. The number of aromatic nitrogens is 2. The van der Waals surface area contributed by atoms with Gasteiger partial charge in [0, 0.05) is 37.9 Å². The van der Waals surface area contributed by atoms with Crippen LogP contribution in [0.1, 0.15) is 36.2 Å². The van der Waals surface area contributed by atoms with Gasteiger partial charge in [0.15, 0.2) is 11.6 Å². The minimum absolute atomic E-state index is 0.120. The molecule has 124 valence electrons. The highest BCUT2D eigenvalue weighted by Crippen LogP contribution is 2.34. The molecule has 0 saturated carbocycles. The molecule has 6 heteroatoms. The number of halogens is 2. The zero-order valence-corrected chi connectivity index (χ0v) is 13.3. The van der Waals surface area contributed by atoms with Crippen LogP contribution in [0.2, 0.25) is 0 Å². The van der Waals surface area contributed by atoms with E-state index in [-0.39, 0.29) is 6.04 Å². The average Bonchev–Trinajstić information content (AvgIpc) is 3.04. The number of aryl methyl sites for hydroxylation is 2. The molecular weight excluding hydrogens is 300 g/mol. The summed E-state index contributed by atoms with van der Waals surface area (Å²) in [7, 11) is 1.88. The Labute approximate surface area is 134 Å². The molecule has 1 aliphatic heterocycles. The Kier molecular flexibility index (Phi) is 4.46. The van der Waals surface area contributed by atoms with E-state index in [1.165, 1.54) is 6.07 Å². The van der Waals surface area contributed by atoms with Crippen molar-refractivity contribution < 1.29 is 13.9 Å². The number of nitrogens with zero attached hydrogens (tertiary/aromatic N) is 3. The summed E-state index contributed by atoms with van der Waals surface area (Å²) in [5.41, 5.74) is 2.83. The Morgan fingerprint density at radius 3 is 2.78 bits per heavy atom. The summed E-state index contributed by atoms with van der Waals surface area (Å²) in [6.45, 7) is 3.21. The van der Waals surface area contributed by atoms with Crippen LogP contribution in [0.5, 0.6) is 0 Å². The molecule has 2 aromatic rings. The van der Waals surface area contributed by atoms with Gasteiger partial charge in [0.25, 0.3) is 0 Å². The number of benzene rings is 1. The molecule has 1 N–H and O–H groups in total. The van der Waals surface area contributed by atoms with E-state index >= 15 is 0 Å². The zero-order chi connectivity index (χ0) is 16.6. The van der Waals surface area contributed by atoms with Gasteiger partial charge in [-0.05, 0) is 30.5 Å². The van der Waals surface area contributed by atoms with E-state index in [0.717, 1.165) is 23.7 Å². The van der Waals surface area contributed by atoms with Gasteiger partial charge >= 0.3 is 0 Å². The summed E-state index contributed by atoms with van der Waals surface area (Å²) in [4.78, 5) is 2.10. The number of rotatable bonds is 4. The molecule has 2 atom stereocenters. The first kappa shape index (κ1) is 16.1. The first-order valence-corrected chi connectivity index (χ1v) is 7.86. The first-order valence-electron chi connectivity index (χ1n) is 7.86. The highest BCUT2D eigenvalue weighted by Gasteiger charge is 2.33. The van der Waals surface area contributed by atoms with Gasteiger partial charge < -0.3 is 5.11 Å². The number of aliphatic hydroxyl groups is 1. The predicted octanol–water partition coefficient (Wildman–Crippen LogP) is 2.57. The van der Waals surface area contributed by atoms with Gasteiger partial charge in [-0.15, -0.1) is 0 Å². The molecule has 1 saturated heterocycles. The van der Waals surface area contributed by atoms with Gasteiger partial charge in [-0.25, -0.2) is 8.78 Å². The van der Waals surface area contributed by atoms with E-state index in [1.807, 2.05) is 13.2 Å². The van der Waals surface area contributed by atoms with Gasteiger partial charge in [-0.1, -0.05) is 13.0 Å². The Morgan fingerprint density at radius 1 is 1.30 bits per heavy atom. The van der Waals surface area contributed by atoms with Crippen molar-refractivity contribution >= 4 is 0 Å². The summed E-state index contributed by atoms with van der Waals surface area (Å²) in [6.07, 6.45) is 2.87. The quantitative estimate of drug-likeness (QED) is 0.941. The van der Waals surface area contributed by atoms with Crippen LogP contribution in [0.15, 0.2) is 24.4 Å². The average molecular weight is 321 g/mol. The van der Waals surface area contributed by atoms with Crippen molar-refractivity contribution in [3.8, 4) is 0 Å². The van der Waals surface area contributed by atoms with E-state index in [9.17, 15) is 13.9 Å². The molecule has 23 heavy (non-hydrogen) atoms. The third-order valence-electron chi connectivity index (χ3n) is 4.41. The third kappa shape index (κ3) is 3.28. The van der Waals surface area contributed by atoms with E-state index < -0.39 is 17.7 Å². The van der Waals surface area contributed by atoms with E-state index in [0.29, 0.717) is 25.1 Å². The van der Waals surface area contributed by atoms with Crippen molar-refractivity contribution in [1.82, 2.24) is 14.7 Å². The van der Waals surface area contributed by atoms with Gasteiger partial charge in [0.05, 0.1) is 11.8 Å². The maximum atomic E-state index is 13.5. The Morgan fingerprint density at radius 2 is 2.09 bits per heavy atom. The summed E-state index contributed by atoms with van der Waals surface area (Å²) in [5.74, 6) is -1.70. The van der Waals surface area contributed by atoms with Crippen molar-refractivity contribution in [2.75, 3.05) is 6.54 Å². The number of β-amino-alcohol motifs (C(OH)–C–C–N with tert-alkyl or cyclic N) is 1. The summed E-state index contributed by atoms with van der Waals surface area (Å²) < 4.78 is 28.5. The van der Waals surface area contributed by atoms with Crippen LogP contribution >= 0.6 is 0 Å². The van der Waals surface area contributed by atoms with Crippen LogP contribution in [0.3, 0.4) is 0 Å². The minimum atomic E-state index is -0.848. The summed E-state index contributed by atoms with van der Waals surface area (Å²) in [5, 5.41) is 14.5. The molecule has 0 bridgehead atoms. The normalized spacial score (nSPS) is 22.0. The van der Waals surface area contributed by atoms with Gasteiger partial charge in [-0.3, -0.25) is 9.58 Å². The molecule has 0 spiro atoms. The number of hydrogen-bond acceptors (Lipinski definition) is 3. The molecule has 1 aromatic carbocycles. The van der Waals surface area contributed by atoms with Crippen LogP contribution in [-0.4, -0.2) is 32.4 Å². The lowest BCUT2D eigenvalue weighted by Crippen LogP contribution is -2.24. The highest BCUT2D eigenvalue weighted by atomic mass is 19.2. The second kappa shape index (κ2) is 6.37. The summed E-state index contributed by atoms with van der Waals surface area (Å²) >= 11 is 0. The van der Waals surface area contributed by atoms with E-state index in [1.54, 1.807) is 10.7 Å². The Balaban J connectivity index is 1.86. The van der Waals surface area contributed by atoms with Crippen LogP contribution in [0.4, 0.5) is 8.78 Å². The maximum absolute atomic E-state index is 13.5. The Hall–Kier alpha value is -1.79. The number of hydrogen-bond donors (Lipinski definition) is 1. The van der Waals surface area contributed by atoms with Crippen LogP contribution in [0.25, 0.3) is 0 Å². The van der Waals surface area contributed by atoms with Crippen LogP contribution < -0.4 is 0 Å². The molecular formula is C17H21F2N3O. The highest BCUT2D eigenvalue weighted by molar-refractivity contribution is 5.24. The van der Waals surface area contributed by atoms with Crippen molar-refractivity contribution in [2.45, 2.75) is 38.5 Å².